The van der Waals surface area contributed by atoms with Crippen LogP contribution in [0.4, 0.5) is 0 Å². The van der Waals surface area contributed by atoms with Crippen molar-refractivity contribution < 1.29 is 17.9 Å². The molecular weight excluding hydrogens is 334 g/mol. The van der Waals surface area contributed by atoms with Crippen molar-refractivity contribution in [2.75, 3.05) is 12.9 Å². The molecule has 2 fully saturated rings. The van der Waals surface area contributed by atoms with E-state index in [4.69, 9.17) is 4.74 Å². The third-order valence-electron chi connectivity index (χ3n) is 4.54. The van der Waals surface area contributed by atoms with Crippen LogP contribution < -0.4 is 15.6 Å². The summed E-state index contributed by atoms with van der Waals surface area (Å²) in [7, 11) is -3.38. The smallest absolute Gasteiger partial charge is 0.250 e. The molecule has 1 aliphatic carbocycles. The Balaban J connectivity index is 1.58. The van der Waals surface area contributed by atoms with Gasteiger partial charge in [0.2, 0.25) is 15.9 Å². The van der Waals surface area contributed by atoms with Crippen molar-refractivity contribution in [3.63, 3.8) is 0 Å². The number of pyridine rings is 1. The highest BCUT2D eigenvalue weighted by Gasteiger charge is 2.55. The lowest BCUT2D eigenvalue weighted by molar-refractivity contribution is -0.125. The first-order chi connectivity index (χ1) is 11.3. The lowest BCUT2D eigenvalue weighted by Gasteiger charge is -2.47. The highest BCUT2D eigenvalue weighted by Crippen LogP contribution is 2.39. The average Bonchev–Trinajstić information content (AvgIpc) is 2.94. The maximum absolute atomic E-state index is 12.2. The van der Waals surface area contributed by atoms with Gasteiger partial charge in [0.25, 0.3) is 5.56 Å². The van der Waals surface area contributed by atoms with Gasteiger partial charge in [0.05, 0.1) is 24.4 Å². The van der Waals surface area contributed by atoms with E-state index in [1.165, 1.54) is 10.6 Å². The van der Waals surface area contributed by atoms with Crippen LogP contribution in [0.15, 0.2) is 29.2 Å². The minimum absolute atomic E-state index is 0.132. The fraction of sp³-hybridized carbons (Fsp3) is 0.600. The summed E-state index contributed by atoms with van der Waals surface area (Å²) in [6.45, 7) is 0.857. The van der Waals surface area contributed by atoms with Gasteiger partial charge in [-0.1, -0.05) is 6.07 Å². The molecule has 0 radical (unpaired) electrons. The Morgan fingerprint density at radius 3 is 2.88 bits per heavy atom. The SMILES string of the molecule is CS(=O)(=O)N[C@@H]1[C@@H](NC(=O)CCn2ccccc2=O)[C@H]2CCO[C@H]21. The summed E-state index contributed by atoms with van der Waals surface area (Å²) in [5, 5.41) is 2.89. The molecule has 0 unspecified atom stereocenters. The first-order valence-corrected chi connectivity index (χ1v) is 9.78. The molecule has 0 bridgehead atoms. The van der Waals surface area contributed by atoms with Crippen molar-refractivity contribution in [1.29, 1.82) is 0 Å². The summed E-state index contributed by atoms with van der Waals surface area (Å²) in [5.41, 5.74) is -0.158. The molecule has 1 amide bonds. The molecular formula is C15H21N3O5S. The molecule has 2 N–H and O–H groups in total. The number of carbonyl (C=O) groups is 1. The zero-order chi connectivity index (χ0) is 17.3. The monoisotopic (exact) mass is 355 g/mol. The Kier molecular flexibility index (Phi) is 4.75. The van der Waals surface area contributed by atoms with E-state index in [-0.39, 0.29) is 42.5 Å². The van der Waals surface area contributed by atoms with Gasteiger partial charge >= 0.3 is 0 Å². The summed E-state index contributed by atoms with van der Waals surface area (Å²) in [6, 6.07) is 4.12. The van der Waals surface area contributed by atoms with Crippen LogP contribution in [0.3, 0.4) is 0 Å². The lowest BCUT2D eigenvalue weighted by atomic mass is 9.72. The molecule has 8 nitrogen and oxygen atoms in total. The highest BCUT2D eigenvalue weighted by molar-refractivity contribution is 7.88. The Morgan fingerprint density at radius 2 is 2.17 bits per heavy atom. The second-order valence-electron chi connectivity index (χ2n) is 6.28. The molecule has 0 spiro atoms. The largest absolute Gasteiger partial charge is 0.376 e. The molecule has 1 aromatic rings. The van der Waals surface area contributed by atoms with E-state index in [0.29, 0.717) is 6.61 Å². The molecule has 9 heteroatoms. The number of nitrogens with zero attached hydrogens (tertiary/aromatic N) is 1. The minimum atomic E-state index is -3.38. The van der Waals surface area contributed by atoms with Crippen molar-refractivity contribution >= 4 is 15.9 Å². The number of amides is 1. The van der Waals surface area contributed by atoms with E-state index in [1.54, 1.807) is 18.3 Å². The molecule has 1 saturated heterocycles. The number of fused-ring (bicyclic) bond motifs is 1. The van der Waals surface area contributed by atoms with Crippen LogP contribution in [0.1, 0.15) is 12.8 Å². The molecule has 4 atom stereocenters. The zero-order valence-electron chi connectivity index (χ0n) is 13.3. The van der Waals surface area contributed by atoms with E-state index in [2.05, 4.69) is 10.0 Å². The standard InChI is InChI=1S/C15H21N3O5S/c1-24(21,22)17-14-13(10-6-9-23-15(10)14)16-11(19)5-8-18-7-3-2-4-12(18)20/h2-4,7,10,13-15,17H,5-6,8-9H2,1H3,(H,16,19)/t10-,13+,14-,15-/m1/s1. The first-order valence-electron chi connectivity index (χ1n) is 7.89. The fourth-order valence-corrected chi connectivity index (χ4v) is 4.19. The van der Waals surface area contributed by atoms with Gasteiger partial charge in [0, 0.05) is 37.8 Å². The second-order valence-corrected chi connectivity index (χ2v) is 8.06. The third-order valence-corrected chi connectivity index (χ3v) is 5.24. The number of ether oxygens (including phenoxy) is 1. The molecule has 132 valence electrons. The highest BCUT2D eigenvalue weighted by atomic mass is 32.2. The van der Waals surface area contributed by atoms with Gasteiger partial charge in [0.15, 0.2) is 0 Å². The van der Waals surface area contributed by atoms with E-state index < -0.39 is 16.1 Å². The molecule has 2 heterocycles. The van der Waals surface area contributed by atoms with Gasteiger partial charge in [-0.05, 0) is 12.5 Å². The molecule has 1 saturated carbocycles. The first kappa shape index (κ1) is 17.1. The van der Waals surface area contributed by atoms with E-state index in [1.807, 2.05) is 0 Å². The van der Waals surface area contributed by atoms with Crippen LogP contribution >= 0.6 is 0 Å². The number of aryl methyl sites for hydroxylation is 1. The van der Waals surface area contributed by atoms with E-state index >= 15 is 0 Å². The van der Waals surface area contributed by atoms with Crippen LogP contribution in [-0.2, 0) is 26.1 Å². The van der Waals surface area contributed by atoms with Gasteiger partial charge in [-0.25, -0.2) is 13.1 Å². The van der Waals surface area contributed by atoms with Crippen molar-refractivity contribution in [2.24, 2.45) is 5.92 Å². The number of aromatic nitrogens is 1. The van der Waals surface area contributed by atoms with Gasteiger partial charge in [-0.3, -0.25) is 9.59 Å². The van der Waals surface area contributed by atoms with Crippen LogP contribution in [0.5, 0.6) is 0 Å². The summed E-state index contributed by atoms with van der Waals surface area (Å²) >= 11 is 0. The molecule has 3 rings (SSSR count). The number of nitrogens with one attached hydrogen (secondary N) is 2. The Labute approximate surface area is 140 Å². The second kappa shape index (κ2) is 6.66. The summed E-state index contributed by atoms with van der Waals surface area (Å²) in [6.07, 6.45) is 3.51. The molecule has 0 aromatic carbocycles. The summed E-state index contributed by atoms with van der Waals surface area (Å²) in [4.78, 5) is 23.8. The predicted octanol–water partition coefficient (Wildman–Crippen LogP) is -0.940. The normalized spacial score (nSPS) is 28.9. The lowest BCUT2D eigenvalue weighted by Crippen LogP contribution is -2.70. The van der Waals surface area contributed by atoms with E-state index in [0.717, 1.165) is 12.7 Å². The molecule has 1 aromatic heterocycles. The number of rotatable bonds is 6. The fourth-order valence-electron chi connectivity index (χ4n) is 3.42. The van der Waals surface area contributed by atoms with Gasteiger partial charge < -0.3 is 14.6 Å². The number of carbonyl (C=O) groups excluding carboxylic acids is 1. The quantitative estimate of drug-likeness (QED) is 0.685. The summed E-state index contributed by atoms with van der Waals surface area (Å²) < 4.78 is 32.5. The van der Waals surface area contributed by atoms with Crippen molar-refractivity contribution in [3.05, 3.63) is 34.7 Å². The summed E-state index contributed by atoms with van der Waals surface area (Å²) in [5.74, 6) is -0.0750. The van der Waals surface area contributed by atoms with Crippen molar-refractivity contribution in [2.45, 2.75) is 37.6 Å². The van der Waals surface area contributed by atoms with Crippen LogP contribution in [0.2, 0.25) is 0 Å². The van der Waals surface area contributed by atoms with Crippen LogP contribution in [-0.4, -0.2) is 49.9 Å². The number of hydrogen-bond donors (Lipinski definition) is 2. The van der Waals surface area contributed by atoms with Gasteiger partial charge in [-0.2, -0.15) is 0 Å². The molecule has 1 aliphatic heterocycles. The van der Waals surface area contributed by atoms with Crippen molar-refractivity contribution in [3.8, 4) is 0 Å². The average molecular weight is 355 g/mol. The van der Waals surface area contributed by atoms with Crippen LogP contribution in [0, 0.1) is 5.92 Å². The number of hydrogen-bond acceptors (Lipinski definition) is 5. The Morgan fingerprint density at radius 1 is 1.38 bits per heavy atom. The molecule has 2 aliphatic rings. The topological polar surface area (TPSA) is 107 Å². The minimum Gasteiger partial charge on any atom is -0.376 e. The molecule has 24 heavy (non-hydrogen) atoms. The third kappa shape index (κ3) is 3.68. The maximum Gasteiger partial charge on any atom is 0.250 e. The number of sulfonamides is 1. The van der Waals surface area contributed by atoms with Crippen molar-refractivity contribution in [1.82, 2.24) is 14.6 Å². The zero-order valence-corrected chi connectivity index (χ0v) is 14.2. The van der Waals surface area contributed by atoms with Crippen LogP contribution in [0.25, 0.3) is 0 Å². The van der Waals surface area contributed by atoms with Gasteiger partial charge in [-0.15, -0.1) is 0 Å². The Bertz CT molecular complexity index is 775. The predicted molar refractivity (Wildman–Crippen MR) is 86.9 cm³/mol. The Hall–Kier alpha value is -1.71. The maximum atomic E-state index is 12.2. The van der Waals surface area contributed by atoms with Gasteiger partial charge in [0.1, 0.15) is 0 Å². The van der Waals surface area contributed by atoms with E-state index in [9.17, 15) is 18.0 Å².